The van der Waals surface area contributed by atoms with Gasteiger partial charge in [0.05, 0.1) is 11.7 Å². The molecule has 0 amide bonds. The predicted octanol–water partition coefficient (Wildman–Crippen LogP) is 3.70. The second-order valence-corrected chi connectivity index (χ2v) is 4.90. The molecule has 0 fully saturated rings. The molecule has 0 radical (unpaired) electrons. The number of ether oxygens (including phenoxy) is 1. The number of aryl methyl sites for hydroxylation is 1. The number of rotatable bonds is 5. The van der Waals surface area contributed by atoms with Crippen LogP contribution in [0.15, 0.2) is 48.5 Å². The van der Waals surface area contributed by atoms with Gasteiger partial charge in [0, 0.05) is 6.42 Å². The fourth-order valence-electron chi connectivity index (χ4n) is 2.06. The minimum atomic E-state index is -0.902. The lowest BCUT2D eigenvalue weighted by atomic mass is 10.1. The lowest BCUT2D eigenvalue weighted by Crippen LogP contribution is -2.15. The monoisotopic (exact) mass is 270 g/mol. The number of carboxylic acids is 1. The highest BCUT2D eigenvalue weighted by molar-refractivity contribution is 5.87. The van der Waals surface area contributed by atoms with E-state index in [1.54, 1.807) is 12.1 Å². The van der Waals surface area contributed by atoms with Gasteiger partial charge < -0.3 is 9.84 Å². The zero-order valence-corrected chi connectivity index (χ0v) is 11.7. The van der Waals surface area contributed by atoms with Gasteiger partial charge in [-0.1, -0.05) is 30.3 Å². The minimum Gasteiger partial charge on any atom is -0.490 e. The molecule has 0 aliphatic rings. The van der Waals surface area contributed by atoms with Crippen molar-refractivity contribution in [3.63, 3.8) is 0 Å². The standard InChI is InChI=1S/C17H18O3/c1-12-5-3-4-6-16(12)20-13(2)11-14-7-9-15(10-8-14)17(18)19/h3-10,13H,11H2,1-2H3,(H,18,19). The van der Waals surface area contributed by atoms with Crippen LogP contribution >= 0.6 is 0 Å². The Kier molecular flexibility index (Phi) is 4.41. The summed E-state index contributed by atoms with van der Waals surface area (Å²) in [4.78, 5) is 10.8. The Balaban J connectivity index is 1.99. The number of benzene rings is 2. The smallest absolute Gasteiger partial charge is 0.335 e. The highest BCUT2D eigenvalue weighted by atomic mass is 16.5. The Labute approximate surface area is 118 Å². The highest BCUT2D eigenvalue weighted by Gasteiger charge is 2.08. The predicted molar refractivity (Wildman–Crippen MR) is 78.4 cm³/mol. The van der Waals surface area contributed by atoms with E-state index >= 15 is 0 Å². The maximum Gasteiger partial charge on any atom is 0.335 e. The van der Waals surface area contributed by atoms with Crippen molar-refractivity contribution in [1.29, 1.82) is 0 Å². The Bertz CT molecular complexity index is 587. The van der Waals surface area contributed by atoms with Crippen LogP contribution in [0, 0.1) is 6.92 Å². The van der Waals surface area contributed by atoms with Crippen molar-refractivity contribution in [1.82, 2.24) is 0 Å². The molecule has 2 rings (SSSR count). The van der Waals surface area contributed by atoms with Gasteiger partial charge in [-0.25, -0.2) is 4.79 Å². The lowest BCUT2D eigenvalue weighted by molar-refractivity contribution is 0.0697. The van der Waals surface area contributed by atoms with E-state index in [0.717, 1.165) is 23.3 Å². The fourth-order valence-corrected chi connectivity index (χ4v) is 2.06. The molecule has 0 aromatic heterocycles. The first kappa shape index (κ1) is 14.1. The molecule has 0 saturated carbocycles. The Morgan fingerprint density at radius 2 is 1.80 bits per heavy atom. The molecule has 0 bridgehead atoms. The average molecular weight is 270 g/mol. The molecule has 1 unspecified atom stereocenters. The molecular weight excluding hydrogens is 252 g/mol. The summed E-state index contributed by atoms with van der Waals surface area (Å²) in [7, 11) is 0. The van der Waals surface area contributed by atoms with E-state index in [2.05, 4.69) is 0 Å². The summed E-state index contributed by atoms with van der Waals surface area (Å²) in [6.07, 6.45) is 0.778. The number of hydrogen-bond acceptors (Lipinski definition) is 2. The first-order chi connectivity index (χ1) is 9.56. The third-order valence-corrected chi connectivity index (χ3v) is 3.15. The molecule has 0 aliphatic heterocycles. The van der Waals surface area contributed by atoms with Gasteiger partial charge >= 0.3 is 5.97 Å². The molecule has 2 aromatic carbocycles. The van der Waals surface area contributed by atoms with Crippen molar-refractivity contribution < 1.29 is 14.6 Å². The molecule has 2 aromatic rings. The number of aromatic carboxylic acids is 1. The van der Waals surface area contributed by atoms with Crippen molar-refractivity contribution in [3.8, 4) is 5.75 Å². The van der Waals surface area contributed by atoms with Crippen molar-refractivity contribution in [2.24, 2.45) is 0 Å². The van der Waals surface area contributed by atoms with Crippen LogP contribution in [-0.2, 0) is 6.42 Å². The van der Waals surface area contributed by atoms with Crippen LogP contribution in [0.1, 0.15) is 28.4 Å². The minimum absolute atomic E-state index is 0.0341. The molecule has 20 heavy (non-hydrogen) atoms. The Morgan fingerprint density at radius 3 is 2.40 bits per heavy atom. The second-order valence-electron chi connectivity index (χ2n) is 4.90. The van der Waals surface area contributed by atoms with Gasteiger partial charge in [-0.2, -0.15) is 0 Å². The zero-order valence-electron chi connectivity index (χ0n) is 11.7. The van der Waals surface area contributed by atoms with E-state index < -0.39 is 5.97 Å². The lowest BCUT2D eigenvalue weighted by Gasteiger charge is -2.16. The topological polar surface area (TPSA) is 46.5 Å². The van der Waals surface area contributed by atoms with Gasteiger partial charge in [0.15, 0.2) is 0 Å². The van der Waals surface area contributed by atoms with Crippen molar-refractivity contribution in [3.05, 3.63) is 65.2 Å². The largest absolute Gasteiger partial charge is 0.490 e. The van der Waals surface area contributed by atoms with Gasteiger partial charge in [0.1, 0.15) is 5.75 Å². The van der Waals surface area contributed by atoms with Gasteiger partial charge in [-0.3, -0.25) is 0 Å². The van der Waals surface area contributed by atoms with Crippen molar-refractivity contribution >= 4 is 5.97 Å². The summed E-state index contributed by atoms with van der Waals surface area (Å²) >= 11 is 0. The van der Waals surface area contributed by atoms with Crippen molar-refractivity contribution in [2.45, 2.75) is 26.4 Å². The van der Waals surface area contributed by atoms with Crippen LogP contribution in [0.3, 0.4) is 0 Å². The highest BCUT2D eigenvalue weighted by Crippen LogP contribution is 2.19. The number of carboxylic acid groups (broad SMARTS) is 1. The molecule has 1 atom stereocenters. The summed E-state index contributed by atoms with van der Waals surface area (Å²) in [6, 6.07) is 14.8. The van der Waals surface area contributed by atoms with E-state index in [1.165, 1.54) is 0 Å². The molecule has 3 nitrogen and oxygen atoms in total. The van der Waals surface area contributed by atoms with Crippen LogP contribution in [0.2, 0.25) is 0 Å². The molecule has 1 N–H and O–H groups in total. The van der Waals surface area contributed by atoms with E-state index in [0.29, 0.717) is 5.56 Å². The summed E-state index contributed by atoms with van der Waals surface area (Å²) in [5, 5.41) is 8.86. The summed E-state index contributed by atoms with van der Waals surface area (Å²) in [5.41, 5.74) is 2.48. The van der Waals surface area contributed by atoms with Crippen LogP contribution in [-0.4, -0.2) is 17.2 Å². The average Bonchev–Trinajstić information content (AvgIpc) is 2.42. The third-order valence-electron chi connectivity index (χ3n) is 3.15. The van der Waals surface area contributed by atoms with Gasteiger partial charge in [0.25, 0.3) is 0 Å². The van der Waals surface area contributed by atoms with Crippen molar-refractivity contribution in [2.75, 3.05) is 0 Å². The van der Waals surface area contributed by atoms with Crippen LogP contribution in [0.5, 0.6) is 5.75 Å². The Hall–Kier alpha value is -2.29. The summed E-state index contributed by atoms with van der Waals surface area (Å²) in [5.74, 6) is -0.0112. The van der Waals surface area contributed by atoms with Crippen LogP contribution in [0.25, 0.3) is 0 Å². The van der Waals surface area contributed by atoms with Gasteiger partial charge in [-0.15, -0.1) is 0 Å². The molecule has 104 valence electrons. The van der Waals surface area contributed by atoms with Gasteiger partial charge in [-0.05, 0) is 43.2 Å². The van der Waals surface area contributed by atoms with E-state index in [9.17, 15) is 4.79 Å². The number of para-hydroxylation sites is 1. The molecular formula is C17H18O3. The summed E-state index contributed by atoms with van der Waals surface area (Å²) in [6.45, 7) is 4.03. The SMILES string of the molecule is Cc1ccccc1OC(C)Cc1ccc(C(=O)O)cc1. The van der Waals surface area contributed by atoms with Gasteiger partial charge in [0.2, 0.25) is 0 Å². The van der Waals surface area contributed by atoms with E-state index in [-0.39, 0.29) is 6.10 Å². The first-order valence-electron chi connectivity index (χ1n) is 6.61. The normalized spacial score (nSPS) is 11.9. The number of hydrogen-bond donors (Lipinski definition) is 1. The number of carbonyl (C=O) groups is 1. The maximum absolute atomic E-state index is 10.8. The van der Waals surface area contributed by atoms with E-state index in [1.807, 2.05) is 50.2 Å². The fraction of sp³-hybridized carbons (Fsp3) is 0.235. The summed E-state index contributed by atoms with van der Waals surface area (Å²) < 4.78 is 5.91. The maximum atomic E-state index is 10.8. The van der Waals surface area contributed by atoms with Crippen LogP contribution in [0.4, 0.5) is 0 Å². The molecule has 0 saturated heterocycles. The zero-order chi connectivity index (χ0) is 14.5. The van der Waals surface area contributed by atoms with E-state index in [4.69, 9.17) is 9.84 Å². The third kappa shape index (κ3) is 3.60. The Morgan fingerprint density at radius 1 is 1.15 bits per heavy atom. The molecule has 0 heterocycles. The second kappa shape index (κ2) is 6.24. The van der Waals surface area contributed by atoms with Crippen LogP contribution < -0.4 is 4.74 Å². The molecule has 3 heteroatoms. The first-order valence-corrected chi connectivity index (χ1v) is 6.61. The quantitative estimate of drug-likeness (QED) is 0.901. The molecule has 0 aliphatic carbocycles. The molecule has 0 spiro atoms.